The first kappa shape index (κ1) is 20.3. The summed E-state index contributed by atoms with van der Waals surface area (Å²) in [5, 5.41) is 11.7. The Labute approximate surface area is 176 Å². The van der Waals surface area contributed by atoms with Crippen LogP contribution in [0, 0.1) is 0 Å². The lowest BCUT2D eigenvalue weighted by molar-refractivity contribution is -0.142. The molecule has 1 N–H and O–H groups in total. The molecule has 2 aromatic rings. The highest BCUT2D eigenvalue weighted by atomic mass is 16.5. The zero-order valence-electron chi connectivity index (χ0n) is 17.4. The van der Waals surface area contributed by atoms with Crippen molar-refractivity contribution in [2.24, 2.45) is 4.99 Å². The van der Waals surface area contributed by atoms with Gasteiger partial charge in [0.05, 0.1) is 0 Å². The predicted octanol–water partition coefficient (Wildman–Crippen LogP) is 1.06. The average molecular weight is 412 g/mol. The van der Waals surface area contributed by atoms with E-state index in [4.69, 9.17) is 9.73 Å². The third kappa shape index (κ3) is 4.62. The highest BCUT2D eigenvalue weighted by Crippen LogP contribution is 2.16. The van der Waals surface area contributed by atoms with E-state index in [1.165, 1.54) is 0 Å². The molecular weight excluding hydrogens is 382 g/mol. The number of carbonyl (C=O) groups excluding carboxylic acids is 1. The largest absolute Gasteiger partial charge is 0.368 e. The average Bonchev–Trinajstić information content (AvgIpc) is 3.49. The van der Waals surface area contributed by atoms with Gasteiger partial charge in [-0.05, 0) is 31.9 Å². The number of carbonyl (C=O) groups is 1. The van der Waals surface area contributed by atoms with Crippen LogP contribution in [0.3, 0.4) is 0 Å². The summed E-state index contributed by atoms with van der Waals surface area (Å²) in [6, 6.07) is 10.0. The van der Waals surface area contributed by atoms with Crippen LogP contribution in [0.1, 0.15) is 25.6 Å². The number of piperazine rings is 1. The van der Waals surface area contributed by atoms with Crippen LogP contribution < -0.4 is 5.32 Å². The van der Waals surface area contributed by atoms with E-state index >= 15 is 0 Å². The lowest BCUT2D eigenvalue weighted by Crippen LogP contribution is -2.55. The number of rotatable bonds is 5. The van der Waals surface area contributed by atoms with Gasteiger partial charge in [0.1, 0.15) is 19.0 Å². The second-order valence-electron chi connectivity index (χ2n) is 7.44. The fraction of sp³-hybridized carbons (Fsp3) is 0.524. The van der Waals surface area contributed by atoms with E-state index in [-0.39, 0.29) is 12.0 Å². The smallest absolute Gasteiger partial charge is 0.251 e. The van der Waals surface area contributed by atoms with Gasteiger partial charge in [-0.2, -0.15) is 0 Å². The summed E-state index contributed by atoms with van der Waals surface area (Å²) in [6.07, 6.45) is 3.28. The van der Waals surface area contributed by atoms with Crippen LogP contribution in [-0.4, -0.2) is 81.9 Å². The van der Waals surface area contributed by atoms with Crippen molar-refractivity contribution in [3.05, 3.63) is 42.5 Å². The first-order valence-corrected chi connectivity index (χ1v) is 10.6. The van der Waals surface area contributed by atoms with E-state index in [1.807, 2.05) is 39.8 Å². The Balaban J connectivity index is 1.39. The Hall–Kier alpha value is -2.94. The van der Waals surface area contributed by atoms with Gasteiger partial charge in [0.15, 0.2) is 11.8 Å². The molecule has 0 saturated carbocycles. The van der Waals surface area contributed by atoms with Crippen LogP contribution in [0.5, 0.6) is 0 Å². The van der Waals surface area contributed by atoms with Crippen molar-refractivity contribution in [1.82, 2.24) is 29.9 Å². The lowest BCUT2D eigenvalue weighted by Gasteiger charge is -2.37. The Morgan fingerprint density at radius 2 is 1.97 bits per heavy atom. The highest BCUT2D eigenvalue weighted by molar-refractivity contribution is 5.82. The maximum atomic E-state index is 12.6. The van der Waals surface area contributed by atoms with Crippen molar-refractivity contribution in [2.75, 3.05) is 39.3 Å². The lowest BCUT2D eigenvalue weighted by atomic mass is 10.2. The van der Waals surface area contributed by atoms with Gasteiger partial charge in [0, 0.05) is 45.0 Å². The quantitative estimate of drug-likeness (QED) is 0.585. The third-order valence-electron chi connectivity index (χ3n) is 5.45. The van der Waals surface area contributed by atoms with Gasteiger partial charge in [-0.15, -0.1) is 10.2 Å². The Morgan fingerprint density at radius 3 is 2.67 bits per heavy atom. The van der Waals surface area contributed by atoms with Crippen molar-refractivity contribution in [1.29, 1.82) is 0 Å². The van der Waals surface area contributed by atoms with Crippen molar-refractivity contribution in [2.45, 2.75) is 32.4 Å². The predicted molar refractivity (Wildman–Crippen MR) is 113 cm³/mol. The molecule has 9 heteroatoms. The normalized spacial score (nSPS) is 19.9. The monoisotopic (exact) mass is 411 g/mol. The molecule has 0 bridgehead atoms. The summed E-state index contributed by atoms with van der Waals surface area (Å²) in [4.78, 5) is 21.5. The molecular formula is C21H29N7O2. The third-order valence-corrected chi connectivity index (χ3v) is 5.45. The van der Waals surface area contributed by atoms with Crippen LogP contribution >= 0.6 is 0 Å². The number of aromatic nitrogens is 3. The molecule has 1 aromatic heterocycles. The molecule has 160 valence electrons. The minimum absolute atomic E-state index is 0.130. The summed E-state index contributed by atoms with van der Waals surface area (Å²) in [6.45, 7) is 6.81. The summed E-state index contributed by atoms with van der Waals surface area (Å²) < 4.78 is 7.50. The zero-order valence-corrected chi connectivity index (χ0v) is 17.4. The number of nitrogens with one attached hydrogen (secondary N) is 1. The topological polar surface area (TPSA) is 87.9 Å². The van der Waals surface area contributed by atoms with Gasteiger partial charge >= 0.3 is 0 Å². The number of ether oxygens (including phenoxy) is 1. The summed E-state index contributed by atoms with van der Waals surface area (Å²) >= 11 is 0. The number of aliphatic imine (C=N–C) groups is 1. The van der Waals surface area contributed by atoms with Gasteiger partial charge in [-0.3, -0.25) is 9.36 Å². The van der Waals surface area contributed by atoms with Crippen LogP contribution in [0.15, 0.2) is 41.7 Å². The number of benzene rings is 1. The number of amides is 1. The molecule has 1 atom stereocenters. The Bertz CT molecular complexity index is 853. The molecule has 0 aliphatic carbocycles. The molecule has 2 aliphatic rings. The van der Waals surface area contributed by atoms with Crippen LogP contribution in [0.4, 0.5) is 0 Å². The molecule has 3 heterocycles. The molecule has 30 heavy (non-hydrogen) atoms. The molecule has 2 aliphatic heterocycles. The summed E-state index contributed by atoms with van der Waals surface area (Å²) in [5.74, 6) is 1.75. The maximum Gasteiger partial charge on any atom is 0.251 e. The second-order valence-corrected chi connectivity index (χ2v) is 7.44. The second kappa shape index (κ2) is 9.71. The number of hydrogen-bond donors (Lipinski definition) is 1. The maximum absolute atomic E-state index is 12.6. The van der Waals surface area contributed by atoms with Gasteiger partial charge < -0.3 is 19.9 Å². The highest BCUT2D eigenvalue weighted by Gasteiger charge is 2.30. The zero-order chi connectivity index (χ0) is 20.8. The van der Waals surface area contributed by atoms with Crippen LogP contribution in [0.2, 0.25) is 0 Å². The molecule has 9 nitrogen and oxygen atoms in total. The minimum atomic E-state index is -0.247. The van der Waals surface area contributed by atoms with Crippen LogP contribution in [0.25, 0.3) is 5.69 Å². The van der Waals surface area contributed by atoms with Gasteiger partial charge in [-0.1, -0.05) is 18.2 Å². The Morgan fingerprint density at radius 1 is 1.20 bits per heavy atom. The number of nitrogens with zero attached hydrogens (tertiary/aromatic N) is 6. The standard InChI is InChI=1S/C21H29N7O2/c1-2-22-21(23-15-19-25-24-16-28(19)17-7-4-3-5-8-17)27-12-10-26(11-13-27)20(29)18-9-6-14-30-18/h3-5,7-8,16,18H,2,6,9-15H2,1H3,(H,22,23). The first-order chi connectivity index (χ1) is 14.8. The minimum Gasteiger partial charge on any atom is -0.368 e. The van der Waals surface area contributed by atoms with E-state index in [9.17, 15) is 4.79 Å². The Kier molecular flexibility index (Phi) is 6.58. The van der Waals surface area contributed by atoms with Crippen molar-refractivity contribution >= 4 is 11.9 Å². The van der Waals surface area contributed by atoms with E-state index in [0.29, 0.717) is 26.2 Å². The molecule has 4 rings (SSSR count). The fourth-order valence-corrected chi connectivity index (χ4v) is 3.86. The van der Waals surface area contributed by atoms with Gasteiger partial charge in [-0.25, -0.2) is 4.99 Å². The number of hydrogen-bond acceptors (Lipinski definition) is 5. The molecule has 1 aromatic carbocycles. The first-order valence-electron chi connectivity index (χ1n) is 10.6. The van der Waals surface area contributed by atoms with Crippen molar-refractivity contribution in [3.8, 4) is 5.69 Å². The molecule has 2 fully saturated rings. The number of guanidine groups is 1. The molecule has 0 spiro atoms. The van der Waals surface area contributed by atoms with Gasteiger partial charge in [0.2, 0.25) is 0 Å². The van der Waals surface area contributed by atoms with Gasteiger partial charge in [0.25, 0.3) is 5.91 Å². The summed E-state index contributed by atoms with van der Waals surface area (Å²) in [7, 11) is 0. The van der Waals surface area contributed by atoms with Crippen molar-refractivity contribution < 1.29 is 9.53 Å². The molecule has 0 radical (unpaired) electrons. The van der Waals surface area contributed by atoms with E-state index in [1.54, 1.807) is 6.33 Å². The molecule has 1 amide bonds. The SMILES string of the molecule is CCNC(=NCc1nncn1-c1ccccc1)N1CCN(C(=O)C2CCCO2)CC1. The summed E-state index contributed by atoms with van der Waals surface area (Å²) in [5.41, 5.74) is 1.01. The van der Waals surface area contributed by atoms with E-state index < -0.39 is 0 Å². The van der Waals surface area contributed by atoms with Crippen LogP contribution in [-0.2, 0) is 16.1 Å². The number of para-hydroxylation sites is 1. The molecule has 1 unspecified atom stereocenters. The van der Waals surface area contributed by atoms with Crippen molar-refractivity contribution in [3.63, 3.8) is 0 Å². The van der Waals surface area contributed by atoms with E-state index in [2.05, 4.69) is 27.3 Å². The fourth-order valence-electron chi connectivity index (χ4n) is 3.86. The van der Waals surface area contributed by atoms with E-state index in [0.717, 1.165) is 49.9 Å². The molecule has 2 saturated heterocycles.